The van der Waals surface area contributed by atoms with Crippen molar-refractivity contribution in [2.75, 3.05) is 0 Å². The minimum absolute atomic E-state index is 0. The van der Waals surface area contributed by atoms with E-state index in [-0.39, 0.29) is 18.4 Å². The first-order valence-corrected chi connectivity index (χ1v) is 5.45. The van der Waals surface area contributed by atoms with Crippen LogP contribution in [0.25, 0.3) is 0 Å². The summed E-state index contributed by atoms with van der Waals surface area (Å²) < 4.78 is 0. The fourth-order valence-corrected chi connectivity index (χ4v) is 1.83. The number of nitrogens with zero attached hydrogens (tertiary/aromatic N) is 1. The van der Waals surface area contributed by atoms with Crippen LogP contribution in [0.5, 0.6) is 11.5 Å². The van der Waals surface area contributed by atoms with Crippen LogP contribution in [0.15, 0.2) is 12.1 Å². The maximum Gasteiger partial charge on any atom is 0.314 e. The summed E-state index contributed by atoms with van der Waals surface area (Å²) in [6.45, 7) is 0. The molecule has 0 amide bonds. The molecule has 0 spiro atoms. The van der Waals surface area contributed by atoms with Gasteiger partial charge in [0.25, 0.3) is 0 Å². The van der Waals surface area contributed by atoms with E-state index >= 15 is 0 Å². The van der Waals surface area contributed by atoms with Crippen molar-refractivity contribution in [3.8, 4) is 11.5 Å². The van der Waals surface area contributed by atoms with Crippen molar-refractivity contribution < 1.29 is 15.1 Å². The monoisotopic (exact) mass is 274 g/mol. The highest BCUT2D eigenvalue weighted by Gasteiger charge is 2.27. The molecular formula is C11H15ClN2O4. The Labute approximate surface area is 110 Å². The number of benzene rings is 1. The molecule has 0 aromatic heterocycles. The standard InChI is InChI=1S/C11H14N2O4.ClH/c12-8(3-6-1-2-6)7-4-9(13(16)17)11(15)10(14)5-7;/h4-6,8,14-15H,1-3,12H2;1H/t8-;/m0./s1. The number of hydrogen-bond donors (Lipinski definition) is 3. The molecule has 1 fully saturated rings. The van der Waals surface area contributed by atoms with E-state index in [1.54, 1.807) is 0 Å². The van der Waals surface area contributed by atoms with Crippen LogP contribution in [-0.2, 0) is 0 Å². The number of nitro groups is 1. The molecule has 4 N–H and O–H groups in total. The number of halogens is 1. The summed E-state index contributed by atoms with van der Waals surface area (Å²) >= 11 is 0. The predicted molar refractivity (Wildman–Crippen MR) is 67.9 cm³/mol. The van der Waals surface area contributed by atoms with Crippen LogP contribution in [-0.4, -0.2) is 15.1 Å². The molecule has 7 heteroatoms. The largest absolute Gasteiger partial charge is 0.504 e. The van der Waals surface area contributed by atoms with Crippen molar-refractivity contribution in [1.82, 2.24) is 0 Å². The lowest BCUT2D eigenvalue weighted by Gasteiger charge is -2.12. The van der Waals surface area contributed by atoms with Gasteiger partial charge in [-0.05, 0) is 24.0 Å². The van der Waals surface area contributed by atoms with Crippen molar-refractivity contribution in [1.29, 1.82) is 0 Å². The molecule has 2 rings (SSSR count). The summed E-state index contributed by atoms with van der Waals surface area (Å²) in [6.07, 6.45) is 3.03. The average Bonchev–Trinajstić information content (AvgIpc) is 3.05. The minimum Gasteiger partial charge on any atom is -0.504 e. The Hall–Kier alpha value is -1.53. The van der Waals surface area contributed by atoms with E-state index in [0.717, 1.165) is 19.3 Å². The highest BCUT2D eigenvalue weighted by molar-refractivity contribution is 5.85. The van der Waals surface area contributed by atoms with Crippen molar-refractivity contribution >= 4 is 18.1 Å². The maximum atomic E-state index is 10.7. The van der Waals surface area contributed by atoms with E-state index < -0.39 is 22.1 Å². The Bertz CT molecular complexity index is 463. The average molecular weight is 275 g/mol. The zero-order valence-electron chi connectivity index (χ0n) is 9.57. The van der Waals surface area contributed by atoms with Gasteiger partial charge in [0.2, 0.25) is 5.75 Å². The fourth-order valence-electron chi connectivity index (χ4n) is 1.83. The van der Waals surface area contributed by atoms with Gasteiger partial charge in [0.1, 0.15) is 0 Å². The lowest BCUT2D eigenvalue weighted by atomic mass is 10.0. The number of hydrogen-bond acceptors (Lipinski definition) is 5. The first kappa shape index (κ1) is 14.5. The third-order valence-electron chi connectivity index (χ3n) is 3.00. The fraction of sp³-hybridized carbons (Fsp3) is 0.455. The van der Waals surface area contributed by atoms with E-state index in [1.807, 2.05) is 0 Å². The van der Waals surface area contributed by atoms with Gasteiger partial charge >= 0.3 is 5.69 Å². The van der Waals surface area contributed by atoms with Crippen LogP contribution in [0.1, 0.15) is 30.9 Å². The first-order chi connectivity index (χ1) is 7.99. The molecule has 1 aliphatic carbocycles. The number of nitro benzene ring substituents is 1. The quantitative estimate of drug-likeness (QED) is 0.443. The first-order valence-electron chi connectivity index (χ1n) is 5.45. The smallest absolute Gasteiger partial charge is 0.314 e. The second-order valence-corrected chi connectivity index (χ2v) is 4.45. The molecule has 0 unspecified atom stereocenters. The summed E-state index contributed by atoms with van der Waals surface area (Å²) in [5.41, 5.74) is 5.89. The zero-order chi connectivity index (χ0) is 12.6. The molecule has 1 aromatic rings. The molecule has 100 valence electrons. The van der Waals surface area contributed by atoms with Crippen LogP contribution < -0.4 is 5.73 Å². The third kappa shape index (κ3) is 3.02. The lowest BCUT2D eigenvalue weighted by Crippen LogP contribution is -2.11. The SMILES string of the molecule is Cl.N[C@@H](CC1CC1)c1cc(O)c(O)c([N+](=O)[O-])c1. The van der Waals surface area contributed by atoms with E-state index in [0.29, 0.717) is 11.5 Å². The van der Waals surface area contributed by atoms with Crippen LogP contribution in [0.2, 0.25) is 0 Å². The number of rotatable bonds is 4. The van der Waals surface area contributed by atoms with Crippen LogP contribution in [0, 0.1) is 16.0 Å². The number of aromatic hydroxyl groups is 2. The summed E-state index contributed by atoms with van der Waals surface area (Å²) in [7, 11) is 0. The van der Waals surface area contributed by atoms with Gasteiger partial charge < -0.3 is 15.9 Å². The number of nitrogens with two attached hydrogens (primary N) is 1. The Morgan fingerprint density at radius 1 is 1.44 bits per heavy atom. The molecule has 1 aliphatic rings. The highest BCUT2D eigenvalue weighted by Crippen LogP contribution is 2.41. The topological polar surface area (TPSA) is 110 Å². The van der Waals surface area contributed by atoms with Crippen molar-refractivity contribution in [2.45, 2.75) is 25.3 Å². The molecule has 18 heavy (non-hydrogen) atoms. The van der Waals surface area contributed by atoms with Gasteiger partial charge in [-0.1, -0.05) is 12.8 Å². The zero-order valence-corrected chi connectivity index (χ0v) is 10.4. The molecule has 0 bridgehead atoms. The van der Waals surface area contributed by atoms with Crippen molar-refractivity contribution in [2.24, 2.45) is 11.7 Å². The number of phenols is 2. The summed E-state index contributed by atoms with van der Waals surface area (Å²) in [5, 5.41) is 29.4. The predicted octanol–water partition coefficient (Wildman–Crippen LogP) is 2.23. The minimum atomic E-state index is -0.734. The molecule has 0 saturated heterocycles. The Balaban J connectivity index is 0.00000162. The summed E-state index contributed by atoms with van der Waals surface area (Å²) in [6, 6.07) is 2.17. The van der Waals surface area contributed by atoms with Crippen LogP contribution in [0.3, 0.4) is 0 Å². The van der Waals surface area contributed by atoms with Gasteiger partial charge in [-0.25, -0.2) is 0 Å². The Morgan fingerprint density at radius 2 is 2.06 bits per heavy atom. The molecule has 6 nitrogen and oxygen atoms in total. The van der Waals surface area contributed by atoms with E-state index in [2.05, 4.69) is 0 Å². The molecule has 1 atom stereocenters. The van der Waals surface area contributed by atoms with Gasteiger partial charge in [-0.3, -0.25) is 10.1 Å². The van der Waals surface area contributed by atoms with E-state index in [4.69, 9.17) is 5.73 Å². The second-order valence-electron chi connectivity index (χ2n) is 4.45. The van der Waals surface area contributed by atoms with Crippen LogP contribution >= 0.6 is 12.4 Å². The van der Waals surface area contributed by atoms with Crippen LogP contribution in [0.4, 0.5) is 5.69 Å². The van der Waals surface area contributed by atoms with Crippen molar-refractivity contribution in [3.05, 3.63) is 27.8 Å². The van der Waals surface area contributed by atoms with Gasteiger partial charge in [0.05, 0.1) is 4.92 Å². The molecule has 1 saturated carbocycles. The number of phenolic OH excluding ortho intramolecular Hbond substituents is 2. The molecule has 0 aliphatic heterocycles. The van der Waals surface area contributed by atoms with Gasteiger partial charge in [-0.2, -0.15) is 0 Å². The molecular weight excluding hydrogens is 260 g/mol. The molecule has 0 heterocycles. The van der Waals surface area contributed by atoms with Gasteiger partial charge in [0, 0.05) is 12.1 Å². The van der Waals surface area contributed by atoms with E-state index in [9.17, 15) is 20.3 Å². The normalized spacial score (nSPS) is 15.8. The summed E-state index contributed by atoms with van der Waals surface area (Å²) in [4.78, 5) is 9.94. The maximum absolute atomic E-state index is 10.7. The second kappa shape index (κ2) is 5.41. The highest BCUT2D eigenvalue weighted by atomic mass is 35.5. The van der Waals surface area contributed by atoms with Gasteiger partial charge in [0.15, 0.2) is 5.75 Å². The lowest BCUT2D eigenvalue weighted by molar-refractivity contribution is -0.386. The Kier molecular flexibility index (Phi) is 4.37. The van der Waals surface area contributed by atoms with E-state index in [1.165, 1.54) is 12.1 Å². The molecule has 0 radical (unpaired) electrons. The third-order valence-corrected chi connectivity index (χ3v) is 3.00. The summed E-state index contributed by atoms with van der Waals surface area (Å²) in [5.74, 6) is -0.627. The van der Waals surface area contributed by atoms with Gasteiger partial charge in [-0.15, -0.1) is 12.4 Å². The van der Waals surface area contributed by atoms with Crippen molar-refractivity contribution in [3.63, 3.8) is 0 Å². The molecule has 1 aromatic carbocycles. The Morgan fingerprint density at radius 3 is 2.56 bits per heavy atom.